The molecule has 1 amide bonds. The highest BCUT2D eigenvalue weighted by Gasteiger charge is 2.15. The predicted octanol–water partition coefficient (Wildman–Crippen LogP) is 4.35. The Morgan fingerprint density at radius 2 is 2.14 bits per heavy atom. The molecule has 22 heavy (non-hydrogen) atoms. The van der Waals surface area contributed by atoms with E-state index in [2.05, 4.69) is 10.3 Å². The summed E-state index contributed by atoms with van der Waals surface area (Å²) >= 11 is 7.11. The van der Waals surface area contributed by atoms with Crippen LogP contribution in [0.5, 0.6) is 5.75 Å². The molecule has 0 spiro atoms. The standard InChI is InChI=1S/C15H10ClFN2O2S/c1-21-12-5-2-8(16)6-10(12)14(20)19-15-18-11-4-3-9(17)7-13(11)22-15/h2-7H,1H3,(H,18,19,20). The van der Waals surface area contributed by atoms with Gasteiger partial charge in [0.15, 0.2) is 5.13 Å². The molecule has 0 bridgehead atoms. The summed E-state index contributed by atoms with van der Waals surface area (Å²) < 4.78 is 19.0. The monoisotopic (exact) mass is 336 g/mol. The molecule has 0 fully saturated rings. The maximum absolute atomic E-state index is 13.2. The predicted molar refractivity (Wildman–Crippen MR) is 85.5 cm³/mol. The molecule has 3 rings (SSSR count). The van der Waals surface area contributed by atoms with E-state index in [-0.39, 0.29) is 11.7 Å². The highest BCUT2D eigenvalue weighted by atomic mass is 35.5. The van der Waals surface area contributed by atoms with Crippen molar-refractivity contribution in [1.29, 1.82) is 0 Å². The average Bonchev–Trinajstić information content (AvgIpc) is 2.88. The van der Waals surface area contributed by atoms with Crippen LogP contribution < -0.4 is 10.1 Å². The summed E-state index contributed by atoms with van der Waals surface area (Å²) in [5.41, 5.74) is 0.931. The van der Waals surface area contributed by atoms with E-state index < -0.39 is 0 Å². The molecule has 1 aromatic heterocycles. The van der Waals surface area contributed by atoms with Gasteiger partial charge in [0.05, 0.1) is 22.9 Å². The zero-order valence-corrected chi connectivity index (χ0v) is 13.0. The van der Waals surface area contributed by atoms with Gasteiger partial charge in [0.25, 0.3) is 5.91 Å². The first kappa shape index (κ1) is 14.7. The van der Waals surface area contributed by atoms with Crippen LogP contribution in [0.25, 0.3) is 10.2 Å². The first-order valence-electron chi connectivity index (χ1n) is 6.28. The normalized spacial score (nSPS) is 10.7. The van der Waals surface area contributed by atoms with Crippen molar-refractivity contribution in [2.75, 3.05) is 12.4 Å². The van der Waals surface area contributed by atoms with E-state index in [1.165, 1.54) is 36.6 Å². The number of thiazole rings is 1. The van der Waals surface area contributed by atoms with Gasteiger partial charge in [-0.25, -0.2) is 9.37 Å². The Hall–Kier alpha value is -2.18. The van der Waals surface area contributed by atoms with Crippen molar-refractivity contribution in [2.24, 2.45) is 0 Å². The summed E-state index contributed by atoms with van der Waals surface area (Å²) in [7, 11) is 1.47. The minimum absolute atomic E-state index is 0.306. The second-order valence-electron chi connectivity index (χ2n) is 4.43. The van der Waals surface area contributed by atoms with Crippen molar-refractivity contribution in [2.45, 2.75) is 0 Å². The number of carbonyl (C=O) groups is 1. The van der Waals surface area contributed by atoms with Crippen LogP contribution in [-0.4, -0.2) is 18.0 Å². The fourth-order valence-electron chi connectivity index (χ4n) is 1.97. The number of halogens is 2. The van der Waals surface area contributed by atoms with E-state index in [9.17, 15) is 9.18 Å². The Morgan fingerprint density at radius 1 is 1.32 bits per heavy atom. The number of benzene rings is 2. The van der Waals surface area contributed by atoms with E-state index in [1.807, 2.05) is 0 Å². The van der Waals surface area contributed by atoms with E-state index in [0.29, 0.717) is 31.7 Å². The minimum atomic E-state index is -0.390. The molecule has 0 saturated carbocycles. The number of aromatic nitrogens is 1. The molecule has 0 aliphatic rings. The van der Waals surface area contributed by atoms with Gasteiger partial charge in [-0.2, -0.15) is 0 Å². The third-order valence-corrected chi connectivity index (χ3v) is 4.15. The Kier molecular flexibility index (Phi) is 3.96. The second kappa shape index (κ2) is 5.90. The molecule has 0 unspecified atom stereocenters. The zero-order chi connectivity index (χ0) is 15.7. The van der Waals surface area contributed by atoms with E-state index >= 15 is 0 Å². The number of rotatable bonds is 3. The number of hydrogen-bond acceptors (Lipinski definition) is 4. The molecule has 112 valence electrons. The molecule has 7 heteroatoms. The third-order valence-electron chi connectivity index (χ3n) is 2.98. The van der Waals surface area contributed by atoms with Gasteiger partial charge in [-0.3, -0.25) is 10.1 Å². The Morgan fingerprint density at radius 3 is 2.91 bits per heavy atom. The lowest BCUT2D eigenvalue weighted by Crippen LogP contribution is -2.13. The second-order valence-corrected chi connectivity index (χ2v) is 5.90. The third kappa shape index (κ3) is 2.88. The number of nitrogens with one attached hydrogen (secondary N) is 1. The molecule has 3 aromatic rings. The number of amides is 1. The highest BCUT2D eigenvalue weighted by Crippen LogP contribution is 2.28. The highest BCUT2D eigenvalue weighted by molar-refractivity contribution is 7.22. The summed E-state index contributed by atoms with van der Waals surface area (Å²) in [5.74, 6) is -0.321. The molecule has 2 aromatic carbocycles. The van der Waals surface area contributed by atoms with Crippen molar-refractivity contribution in [3.05, 3.63) is 52.8 Å². The lowest BCUT2D eigenvalue weighted by Gasteiger charge is -2.08. The van der Waals surface area contributed by atoms with Crippen LogP contribution in [0.1, 0.15) is 10.4 Å². The Bertz CT molecular complexity index is 866. The SMILES string of the molecule is COc1ccc(Cl)cc1C(=O)Nc1nc2ccc(F)cc2s1. The summed E-state index contributed by atoms with van der Waals surface area (Å²) in [5, 5.41) is 3.49. The van der Waals surface area contributed by atoms with Crippen LogP contribution in [0, 0.1) is 5.82 Å². The van der Waals surface area contributed by atoms with Gasteiger partial charge in [-0.15, -0.1) is 0 Å². The largest absolute Gasteiger partial charge is 0.496 e. The van der Waals surface area contributed by atoms with Gasteiger partial charge < -0.3 is 4.74 Å². The van der Waals surface area contributed by atoms with Crippen LogP contribution >= 0.6 is 22.9 Å². The molecule has 1 heterocycles. The fourth-order valence-corrected chi connectivity index (χ4v) is 3.03. The number of carbonyl (C=O) groups excluding carboxylic acids is 1. The van der Waals surface area contributed by atoms with Gasteiger partial charge in [0.2, 0.25) is 0 Å². The van der Waals surface area contributed by atoms with E-state index in [4.69, 9.17) is 16.3 Å². The molecule has 0 aliphatic heterocycles. The number of nitrogens with zero attached hydrogens (tertiary/aromatic N) is 1. The van der Waals surface area contributed by atoms with Crippen LogP contribution in [0.3, 0.4) is 0 Å². The fraction of sp³-hybridized carbons (Fsp3) is 0.0667. The van der Waals surface area contributed by atoms with Crippen molar-refractivity contribution >= 4 is 44.2 Å². The van der Waals surface area contributed by atoms with Crippen LogP contribution in [0.15, 0.2) is 36.4 Å². The van der Waals surface area contributed by atoms with Crippen LogP contribution in [-0.2, 0) is 0 Å². The van der Waals surface area contributed by atoms with Gasteiger partial charge in [0.1, 0.15) is 11.6 Å². The molecule has 1 N–H and O–H groups in total. The molecular formula is C15H10ClFN2O2S. The molecule has 0 atom stereocenters. The van der Waals surface area contributed by atoms with Gasteiger partial charge >= 0.3 is 0 Å². The Balaban J connectivity index is 1.91. The number of ether oxygens (including phenoxy) is 1. The molecule has 0 saturated heterocycles. The number of fused-ring (bicyclic) bond motifs is 1. The number of anilines is 1. The summed E-state index contributed by atoms with van der Waals surface area (Å²) in [6, 6.07) is 9.04. The Labute approximate surface area is 134 Å². The number of hydrogen-bond donors (Lipinski definition) is 1. The van der Waals surface area contributed by atoms with Crippen molar-refractivity contribution in [3.63, 3.8) is 0 Å². The smallest absolute Gasteiger partial charge is 0.261 e. The number of methoxy groups -OCH3 is 1. The maximum Gasteiger partial charge on any atom is 0.261 e. The summed E-state index contributed by atoms with van der Waals surface area (Å²) in [6.45, 7) is 0. The first-order valence-corrected chi connectivity index (χ1v) is 7.47. The zero-order valence-electron chi connectivity index (χ0n) is 11.4. The van der Waals surface area contributed by atoms with Crippen LogP contribution in [0.4, 0.5) is 9.52 Å². The van der Waals surface area contributed by atoms with E-state index in [0.717, 1.165) is 0 Å². The maximum atomic E-state index is 13.2. The molecule has 4 nitrogen and oxygen atoms in total. The van der Waals surface area contributed by atoms with Crippen molar-refractivity contribution < 1.29 is 13.9 Å². The van der Waals surface area contributed by atoms with Gasteiger partial charge in [-0.1, -0.05) is 22.9 Å². The summed E-state index contributed by atoms with van der Waals surface area (Å²) in [4.78, 5) is 16.6. The lowest BCUT2D eigenvalue weighted by atomic mass is 10.2. The van der Waals surface area contributed by atoms with Crippen LogP contribution in [0.2, 0.25) is 5.02 Å². The van der Waals surface area contributed by atoms with Gasteiger partial charge in [0, 0.05) is 5.02 Å². The quantitative estimate of drug-likeness (QED) is 0.773. The molecular weight excluding hydrogens is 327 g/mol. The van der Waals surface area contributed by atoms with Gasteiger partial charge in [-0.05, 0) is 36.4 Å². The average molecular weight is 337 g/mol. The first-order chi connectivity index (χ1) is 10.6. The minimum Gasteiger partial charge on any atom is -0.496 e. The summed E-state index contributed by atoms with van der Waals surface area (Å²) in [6.07, 6.45) is 0. The lowest BCUT2D eigenvalue weighted by molar-refractivity contribution is 0.102. The van der Waals surface area contributed by atoms with Crippen molar-refractivity contribution in [3.8, 4) is 5.75 Å². The van der Waals surface area contributed by atoms with E-state index in [1.54, 1.807) is 18.2 Å². The molecule has 0 aliphatic carbocycles. The molecule has 0 radical (unpaired) electrons. The van der Waals surface area contributed by atoms with Crippen molar-refractivity contribution in [1.82, 2.24) is 4.98 Å². The topological polar surface area (TPSA) is 51.2 Å².